The van der Waals surface area contributed by atoms with Crippen LogP contribution < -0.4 is 9.47 Å². The van der Waals surface area contributed by atoms with Crippen molar-refractivity contribution in [3.8, 4) is 17.4 Å². The van der Waals surface area contributed by atoms with Crippen LogP contribution in [0.1, 0.15) is 40.8 Å². The van der Waals surface area contributed by atoms with E-state index >= 15 is 0 Å². The van der Waals surface area contributed by atoms with Gasteiger partial charge >= 0.3 is 0 Å². The van der Waals surface area contributed by atoms with Gasteiger partial charge in [0.1, 0.15) is 23.5 Å². The van der Waals surface area contributed by atoms with Gasteiger partial charge in [-0.25, -0.2) is 9.97 Å². The topological polar surface area (TPSA) is 90.6 Å². The summed E-state index contributed by atoms with van der Waals surface area (Å²) in [6, 6.07) is 7.33. The summed E-state index contributed by atoms with van der Waals surface area (Å²) in [4.78, 5) is 27.6. The molecule has 1 aromatic carbocycles. The predicted molar refractivity (Wildman–Crippen MR) is 104 cm³/mol. The molecule has 3 aromatic rings. The highest BCUT2D eigenvalue weighted by Gasteiger charge is 2.30. The molecular formula is C21H22N4O4. The van der Waals surface area contributed by atoms with Crippen molar-refractivity contribution in [3.63, 3.8) is 0 Å². The SMILES string of the molecule is COc1cccc(Oc2nccnc2[C@@H]2CCCN(C(=O)c3coc(C)n3)C2)c1. The Morgan fingerprint density at radius 2 is 2.07 bits per heavy atom. The standard InChI is InChI=1S/C21H22N4O4/c1-14-24-18(13-28-14)21(26)25-10-4-5-15(12-25)19-20(23-9-8-22-19)29-17-7-3-6-16(11-17)27-2/h3,6-9,11,13,15H,4-5,10,12H2,1-2H3/t15-/m1/s1. The lowest BCUT2D eigenvalue weighted by molar-refractivity contribution is 0.0698. The molecule has 8 nitrogen and oxygen atoms in total. The Hall–Kier alpha value is -3.42. The Kier molecular flexibility index (Phi) is 5.41. The summed E-state index contributed by atoms with van der Waals surface area (Å²) in [7, 11) is 1.61. The van der Waals surface area contributed by atoms with E-state index in [1.807, 2.05) is 18.2 Å². The minimum Gasteiger partial charge on any atom is -0.497 e. The van der Waals surface area contributed by atoms with E-state index in [2.05, 4.69) is 15.0 Å². The van der Waals surface area contributed by atoms with Crippen LogP contribution in [0, 0.1) is 6.92 Å². The molecule has 1 aliphatic heterocycles. The minimum atomic E-state index is -0.134. The van der Waals surface area contributed by atoms with Crippen molar-refractivity contribution >= 4 is 5.91 Å². The Morgan fingerprint density at radius 1 is 1.24 bits per heavy atom. The maximum atomic E-state index is 12.8. The Morgan fingerprint density at radius 3 is 2.86 bits per heavy atom. The third-order valence-corrected chi connectivity index (χ3v) is 4.88. The van der Waals surface area contributed by atoms with E-state index in [1.165, 1.54) is 6.26 Å². The molecule has 29 heavy (non-hydrogen) atoms. The van der Waals surface area contributed by atoms with Gasteiger partial charge in [-0.2, -0.15) is 0 Å². The number of hydrogen-bond acceptors (Lipinski definition) is 7. The molecule has 3 heterocycles. The summed E-state index contributed by atoms with van der Waals surface area (Å²) >= 11 is 0. The van der Waals surface area contributed by atoms with Crippen molar-refractivity contribution in [2.24, 2.45) is 0 Å². The summed E-state index contributed by atoms with van der Waals surface area (Å²) in [6.45, 7) is 2.92. The first-order valence-corrected chi connectivity index (χ1v) is 9.48. The molecule has 1 amide bonds. The number of rotatable bonds is 5. The van der Waals surface area contributed by atoms with Gasteiger partial charge in [-0.1, -0.05) is 6.07 Å². The van der Waals surface area contributed by atoms with Gasteiger partial charge in [-0.15, -0.1) is 0 Å². The van der Waals surface area contributed by atoms with Crippen LogP contribution in [0.3, 0.4) is 0 Å². The summed E-state index contributed by atoms with van der Waals surface area (Å²) in [6.07, 6.45) is 6.41. The van der Waals surface area contributed by atoms with E-state index in [0.29, 0.717) is 42.1 Å². The second-order valence-electron chi connectivity index (χ2n) is 6.87. The fourth-order valence-electron chi connectivity index (χ4n) is 3.48. The maximum absolute atomic E-state index is 12.8. The lowest BCUT2D eigenvalue weighted by Gasteiger charge is -2.32. The third-order valence-electron chi connectivity index (χ3n) is 4.88. The summed E-state index contributed by atoms with van der Waals surface area (Å²) in [5.74, 6) is 2.13. The van der Waals surface area contributed by atoms with Crippen LogP contribution >= 0.6 is 0 Å². The lowest BCUT2D eigenvalue weighted by Crippen LogP contribution is -2.39. The molecule has 1 atom stereocenters. The molecule has 2 aromatic heterocycles. The van der Waals surface area contributed by atoms with E-state index in [1.54, 1.807) is 37.4 Å². The van der Waals surface area contributed by atoms with Crippen LogP contribution in [0.15, 0.2) is 47.3 Å². The van der Waals surface area contributed by atoms with Crippen molar-refractivity contribution in [2.45, 2.75) is 25.7 Å². The molecule has 1 fully saturated rings. The number of amides is 1. The van der Waals surface area contributed by atoms with Crippen LogP contribution in [-0.2, 0) is 0 Å². The number of hydrogen-bond donors (Lipinski definition) is 0. The van der Waals surface area contributed by atoms with Gasteiger partial charge in [0.25, 0.3) is 5.91 Å². The number of aryl methyl sites for hydroxylation is 1. The second kappa shape index (κ2) is 8.30. The number of piperidine rings is 1. The zero-order valence-electron chi connectivity index (χ0n) is 16.4. The van der Waals surface area contributed by atoms with E-state index in [4.69, 9.17) is 13.9 Å². The first-order valence-electron chi connectivity index (χ1n) is 9.48. The number of nitrogens with zero attached hydrogens (tertiary/aromatic N) is 4. The lowest BCUT2D eigenvalue weighted by atomic mass is 9.94. The largest absolute Gasteiger partial charge is 0.497 e. The van der Waals surface area contributed by atoms with Gasteiger partial charge in [0.2, 0.25) is 5.88 Å². The summed E-state index contributed by atoms with van der Waals surface area (Å²) < 4.78 is 16.4. The van der Waals surface area contributed by atoms with Gasteiger partial charge in [-0.05, 0) is 25.0 Å². The van der Waals surface area contributed by atoms with Gasteiger partial charge < -0.3 is 18.8 Å². The number of benzene rings is 1. The summed E-state index contributed by atoms with van der Waals surface area (Å²) in [5.41, 5.74) is 1.07. The molecule has 0 saturated carbocycles. The number of carbonyl (C=O) groups is 1. The predicted octanol–water partition coefficient (Wildman–Crippen LogP) is 3.59. The highest BCUT2D eigenvalue weighted by Crippen LogP contribution is 2.33. The number of ether oxygens (including phenoxy) is 2. The van der Waals surface area contributed by atoms with E-state index < -0.39 is 0 Å². The quantitative estimate of drug-likeness (QED) is 0.653. The number of oxazole rings is 1. The first-order chi connectivity index (χ1) is 14.1. The highest BCUT2D eigenvalue weighted by molar-refractivity contribution is 5.92. The van der Waals surface area contributed by atoms with Crippen molar-refractivity contribution in [1.29, 1.82) is 0 Å². The molecule has 1 saturated heterocycles. The van der Waals surface area contributed by atoms with Gasteiger partial charge in [0, 0.05) is 44.4 Å². The Balaban J connectivity index is 1.54. The van der Waals surface area contributed by atoms with E-state index in [-0.39, 0.29) is 11.8 Å². The number of carbonyl (C=O) groups excluding carboxylic acids is 1. The van der Waals surface area contributed by atoms with Crippen molar-refractivity contribution in [2.75, 3.05) is 20.2 Å². The molecule has 0 aliphatic carbocycles. The van der Waals surface area contributed by atoms with Crippen LogP contribution in [0.5, 0.6) is 17.4 Å². The number of aromatic nitrogens is 3. The minimum absolute atomic E-state index is 0.0232. The zero-order chi connectivity index (χ0) is 20.2. The Bertz CT molecular complexity index is 1000. The second-order valence-corrected chi connectivity index (χ2v) is 6.87. The fourth-order valence-corrected chi connectivity index (χ4v) is 3.48. The van der Waals surface area contributed by atoms with Gasteiger partial charge in [0.05, 0.1) is 7.11 Å². The summed E-state index contributed by atoms with van der Waals surface area (Å²) in [5, 5.41) is 0. The average molecular weight is 394 g/mol. The average Bonchev–Trinajstić information content (AvgIpc) is 3.20. The molecule has 0 unspecified atom stereocenters. The third kappa shape index (κ3) is 4.21. The first kappa shape index (κ1) is 18.9. The molecule has 4 rings (SSSR count). The molecule has 0 N–H and O–H groups in total. The van der Waals surface area contributed by atoms with Crippen LogP contribution in [-0.4, -0.2) is 46.0 Å². The van der Waals surface area contributed by atoms with E-state index in [0.717, 1.165) is 18.5 Å². The zero-order valence-corrected chi connectivity index (χ0v) is 16.4. The molecule has 1 aliphatic rings. The van der Waals surface area contributed by atoms with Gasteiger partial charge in [-0.3, -0.25) is 9.78 Å². The Labute approximate surface area is 168 Å². The van der Waals surface area contributed by atoms with Crippen molar-refractivity contribution < 1.29 is 18.7 Å². The fraction of sp³-hybridized carbons (Fsp3) is 0.333. The maximum Gasteiger partial charge on any atom is 0.275 e. The molecular weight excluding hydrogens is 372 g/mol. The monoisotopic (exact) mass is 394 g/mol. The molecule has 0 radical (unpaired) electrons. The van der Waals surface area contributed by atoms with Gasteiger partial charge in [0.15, 0.2) is 11.6 Å². The van der Waals surface area contributed by atoms with E-state index in [9.17, 15) is 4.79 Å². The number of likely N-dealkylation sites (tertiary alicyclic amines) is 1. The number of methoxy groups -OCH3 is 1. The molecule has 8 heteroatoms. The van der Waals surface area contributed by atoms with Crippen molar-refractivity contribution in [1.82, 2.24) is 19.9 Å². The normalized spacial score (nSPS) is 16.5. The smallest absolute Gasteiger partial charge is 0.275 e. The van der Waals surface area contributed by atoms with Crippen molar-refractivity contribution in [3.05, 3.63) is 60.2 Å². The highest BCUT2D eigenvalue weighted by atomic mass is 16.5. The van der Waals surface area contributed by atoms with Crippen LogP contribution in [0.4, 0.5) is 0 Å². The van der Waals surface area contributed by atoms with Crippen LogP contribution in [0.25, 0.3) is 0 Å². The van der Waals surface area contributed by atoms with Crippen LogP contribution in [0.2, 0.25) is 0 Å². The molecule has 0 bridgehead atoms. The molecule has 0 spiro atoms. The molecule has 150 valence electrons.